The number of ether oxygens (including phenoxy) is 2. The maximum atomic E-state index is 12.6. The number of carbonyl (C=O) groups is 2. The number of nitrogens with zero attached hydrogens (tertiary/aromatic N) is 1. The summed E-state index contributed by atoms with van der Waals surface area (Å²) >= 11 is 0. The van der Waals surface area contributed by atoms with Crippen molar-refractivity contribution in [3.8, 4) is 0 Å². The quantitative estimate of drug-likeness (QED) is 0.0274. The SMILES string of the molecule is CCCCCCCCCCCCCCCC(=O)OC(COC(=O)CCCCCCCCCCCCC)COP(=O)([O-])OCC[N+](C)(C)C. The predicted octanol–water partition coefficient (Wildman–Crippen LogP) is 9.83. The zero-order valence-corrected chi connectivity index (χ0v) is 32.8. The van der Waals surface area contributed by atoms with Crippen molar-refractivity contribution in [2.24, 2.45) is 0 Å². The van der Waals surface area contributed by atoms with Crippen LogP contribution in [0.25, 0.3) is 0 Å². The number of phosphoric ester groups is 1. The molecule has 0 aliphatic carbocycles. The van der Waals surface area contributed by atoms with Gasteiger partial charge < -0.3 is 27.9 Å². The van der Waals surface area contributed by atoms with Gasteiger partial charge in [-0.25, -0.2) is 0 Å². The minimum atomic E-state index is -4.61. The molecule has 0 aromatic heterocycles. The topological polar surface area (TPSA) is 111 Å². The van der Waals surface area contributed by atoms with Crippen molar-refractivity contribution in [1.29, 1.82) is 0 Å². The van der Waals surface area contributed by atoms with Crippen molar-refractivity contribution in [2.75, 3.05) is 47.5 Å². The standard InChI is InChI=1S/C38H76NO8P/c1-6-8-10-12-14-16-18-19-21-23-25-27-29-31-38(41)47-36(35-46-48(42,43)45-33-32-39(3,4)5)34-44-37(40)30-28-26-24-22-20-17-15-13-11-9-7-2/h36H,6-35H2,1-5H3. The summed E-state index contributed by atoms with van der Waals surface area (Å²) in [5.41, 5.74) is 0. The smallest absolute Gasteiger partial charge is 0.306 e. The largest absolute Gasteiger partial charge is 0.756 e. The molecule has 0 heterocycles. The molecule has 0 amide bonds. The molecule has 0 radical (unpaired) electrons. The second kappa shape index (κ2) is 32.0. The van der Waals surface area contributed by atoms with Gasteiger partial charge in [0.1, 0.15) is 19.8 Å². The molecule has 0 aliphatic rings. The molecule has 286 valence electrons. The number of phosphoric acid groups is 1. The summed E-state index contributed by atoms with van der Waals surface area (Å²) in [4.78, 5) is 37.3. The first kappa shape index (κ1) is 47.0. The van der Waals surface area contributed by atoms with Crippen molar-refractivity contribution in [3.05, 3.63) is 0 Å². The monoisotopic (exact) mass is 706 g/mol. The molecule has 0 saturated heterocycles. The van der Waals surface area contributed by atoms with E-state index in [9.17, 15) is 19.0 Å². The van der Waals surface area contributed by atoms with Crippen molar-refractivity contribution < 1.29 is 42.1 Å². The molecule has 10 heteroatoms. The van der Waals surface area contributed by atoms with Crippen LogP contribution in [-0.4, -0.2) is 70.0 Å². The Morgan fingerprint density at radius 1 is 0.562 bits per heavy atom. The average Bonchev–Trinajstić information content (AvgIpc) is 3.02. The molecule has 0 fully saturated rings. The van der Waals surface area contributed by atoms with E-state index in [0.29, 0.717) is 17.4 Å². The number of quaternary nitrogens is 1. The number of likely N-dealkylation sites (N-methyl/N-ethyl adjacent to an activating group) is 1. The van der Waals surface area contributed by atoms with E-state index in [1.807, 2.05) is 21.1 Å². The molecule has 0 aliphatic heterocycles. The molecular weight excluding hydrogens is 629 g/mol. The summed E-state index contributed by atoms with van der Waals surface area (Å²) in [7, 11) is 1.18. The van der Waals surface area contributed by atoms with E-state index in [1.165, 1.54) is 116 Å². The van der Waals surface area contributed by atoms with Crippen LogP contribution < -0.4 is 4.89 Å². The molecule has 0 bridgehead atoms. The molecule has 0 aromatic carbocycles. The Bertz CT molecular complexity index is 804. The van der Waals surface area contributed by atoms with Gasteiger partial charge in [0.25, 0.3) is 7.82 Å². The Kier molecular flexibility index (Phi) is 31.3. The second-order valence-corrected chi connectivity index (χ2v) is 16.1. The highest BCUT2D eigenvalue weighted by Crippen LogP contribution is 2.38. The molecule has 0 N–H and O–H groups in total. The van der Waals surface area contributed by atoms with Gasteiger partial charge >= 0.3 is 11.9 Å². The number of rotatable bonds is 36. The second-order valence-electron chi connectivity index (χ2n) is 14.7. The molecule has 0 saturated carbocycles. The average molecular weight is 706 g/mol. The lowest BCUT2D eigenvalue weighted by molar-refractivity contribution is -0.870. The molecule has 2 unspecified atom stereocenters. The van der Waals surface area contributed by atoms with Crippen molar-refractivity contribution >= 4 is 19.8 Å². The van der Waals surface area contributed by atoms with Crippen LogP contribution in [-0.2, 0) is 32.7 Å². The van der Waals surface area contributed by atoms with Gasteiger partial charge in [-0.2, -0.15) is 0 Å². The summed E-state index contributed by atoms with van der Waals surface area (Å²) in [6.45, 7) is 4.22. The van der Waals surface area contributed by atoms with Crippen LogP contribution in [0, 0.1) is 0 Å². The van der Waals surface area contributed by atoms with Crippen LogP contribution in [0.3, 0.4) is 0 Å². The Morgan fingerprint density at radius 2 is 0.938 bits per heavy atom. The summed E-state index contributed by atoms with van der Waals surface area (Å²) in [5, 5.41) is 0. The summed E-state index contributed by atoms with van der Waals surface area (Å²) in [6.07, 6.45) is 28.4. The maximum absolute atomic E-state index is 12.6. The first-order chi connectivity index (χ1) is 23.0. The molecule has 9 nitrogen and oxygen atoms in total. The number of hydrogen-bond donors (Lipinski definition) is 0. The minimum absolute atomic E-state index is 0.0261. The van der Waals surface area contributed by atoms with E-state index in [2.05, 4.69) is 13.8 Å². The fraction of sp³-hybridized carbons (Fsp3) is 0.947. The minimum Gasteiger partial charge on any atom is -0.756 e. The van der Waals surface area contributed by atoms with Gasteiger partial charge in [0.15, 0.2) is 6.10 Å². The van der Waals surface area contributed by atoms with Crippen molar-refractivity contribution in [1.82, 2.24) is 0 Å². The molecule has 0 rings (SSSR count). The molecular formula is C38H76NO8P. The summed E-state index contributed by atoms with van der Waals surface area (Å²) in [6, 6.07) is 0. The third-order valence-electron chi connectivity index (χ3n) is 8.63. The van der Waals surface area contributed by atoms with Gasteiger partial charge in [-0.05, 0) is 12.8 Å². The van der Waals surface area contributed by atoms with E-state index in [1.54, 1.807) is 0 Å². The van der Waals surface area contributed by atoms with E-state index in [4.69, 9.17) is 18.5 Å². The highest BCUT2D eigenvalue weighted by Gasteiger charge is 2.21. The van der Waals surface area contributed by atoms with E-state index in [-0.39, 0.29) is 32.0 Å². The van der Waals surface area contributed by atoms with Gasteiger partial charge in [0.05, 0.1) is 27.7 Å². The third kappa shape index (κ3) is 34.9. The van der Waals surface area contributed by atoms with Crippen LogP contribution in [0.4, 0.5) is 0 Å². The van der Waals surface area contributed by atoms with Gasteiger partial charge in [0.2, 0.25) is 0 Å². The zero-order valence-electron chi connectivity index (χ0n) is 32.0. The zero-order chi connectivity index (χ0) is 35.8. The van der Waals surface area contributed by atoms with Crippen LogP contribution in [0.1, 0.15) is 181 Å². The first-order valence-corrected chi connectivity index (χ1v) is 21.2. The van der Waals surface area contributed by atoms with E-state index >= 15 is 0 Å². The molecule has 48 heavy (non-hydrogen) atoms. The number of carbonyl (C=O) groups excluding carboxylic acids is 2. The maximum Gasteiger partial charge on any atom is 0.306 e. The van der Waals surface area contributed by atoms with Crippen LogP contribution in [0.2, 0.25) is 0 Å². The normalized spacial score (nSPS) is 13.7. The Morgan fingerprint density at radius 3 is 1.33 bits per heavy atom. The van der Waals surface area contributed by atoms with Crippen LogP contribution in [0.5, 0.6) is 0 Å². The molecule has 0 spiro atoms. The predicted molar refractivity (Wildman–Crippen MR) is 195 cm³/mol. The van der Waals surface area contributed by atoms with Crippen molar-refractivity contribution in [2.45, 2.75) is 187 Å². The third-order valence-corrected chi connectivity index (χ3v) is 9.59. The van der Waals surface area contributed by atoms with Crippen LogP contribution in [0.15, 0.2) is 0 Å². The van der Waals surface area contributed by atoms with E-state index in [0.717, 1.165) is 32.1 Å². The number of esters is 2. The molecule has 0 aromatic rings. The fourth-order valence-corrected chi connectivity index (χ4v) is 6.21. The van der Waals surface area contributed by atoms with Gasteiger partial charge in [0, 0.05) is 12.8 Å². The van der Waals surface area contributed by atoms with E-state index < -0.39 is 26.5 Å². The molecule has 2 atom stereocenters. The highest BCUT2D eigenvalue weighted by molar-refractivity contribution is 7.45. The number of hydrogen-bond acceptors (Lipinski definition) is 8. The highest BCUT2D eigenvalue weighted by atomic mass is 31.2. The first-order valence-electron chi connectivity index (χ1n) is 19.7. The lowest BCUT2D eigenvalue weighted by atomic mass is 10.0. The Hall–Kier alpha value is -0.990. The van der Waals surface area contributed by atoms with Crippen molar-refractivity contribution in [3.63, 3.8) is 0 Å². The van der Waals surface area contributed by atoms with Crippen LogP contribution >= 0.6 is 7.82 Å². The summed E-state index contributed by atoms with van der Waals surface area (Å²) in [5.74, 6) is -0.826. The van der Waals surface area contributed by atoms with Gasteiger partial charge in [-0.3, -0.25) is 14.2 Å². The number of unbranched alkanes of at least 4 members (excludes halogenated alkanes) is 22. The Labute approximate surface area is 295 Å². The lowest BCUT2D eigenvalue weighted by Gasteiger charge is -2.28. The summed E-state index contributed by atoms with van der Waals surface area (Å²) < 4.78 is 33.8. The fourth-order valence-electron chi connectivity index (χ4n) is 5.48. The lowest BCUT2D eigenvalue weighted by Crippen LogP contribution is -2.37. The van der Waals surface area contributed by atoms with Gasteiger partial charge in [-0.1, -0.05) is 155 Å². The van der Waals surface area contributed by atoms with Gasteiger partial charge in [-0.15, -0.1) is 0 Å². The Balaban J connectivity index is 4.40.